The molecule has 0 bridgehead atoms. The lowest BCUT2D eigenvalue weighted by Crippen LogP contribution is -2.45. The zero-order valence-electron chi connectivity index (χ0n) is 11.3. The van der Waals surface area contributed by atoms with Crippen LogP contribution in [0.5, 0.6) is 0 Å². The van der Waals surface area contributed by atoms with Crippen LogP contribution in [0.4, 0.5) is 5.82 Å². The van der Waals surface area contributed by atoms with Crippen molar-refractivity contribution in [3.63, 3.8) is 0 Å². The van der Waals surface area contributed by atoms with Crippen LogP contribution in [0.1, 0.15) is 32.6 Å². The first-order valence-electron chi connectivity index (χ1n) is 6.95. The number of hydrogen-bond acceptors (Lipinski definition) is 3. The van der Waals surface area contributed by atoms with Gasteiger partial charge in [-0.05, 0) is 38.3 Å². The summed E-state index contributed by atoms with van der Waals surface area (Å²) in [7, 11) is 0. The van der Waals surface area contributed by atoms with E-state index in [2.05, 4.69) is 16.8 Å². The van der Waals surface area contributed by atoms with E-state index >= 15 is 0 Å². The van der Waals surface area contributed by atoms with Crippen LogP contribution in [0.3, 0.4) is 0 Å². The molecular formula is C14H21Cl2N3. The van der Waals surface area contributed by atoms with Crippen LogP contribution in [0.25, 0.3) is 0 Å². The summed E-state index contributed by atoms with van der Waals surface area (Å²) in [5.41, 5.74) is 5.93. The van der Waals surface area contributed by atoms with E-state index in [0.29, 0.717) is 22.0 Å². The molecular weight excluding hydrogens is 281 g/mol. The molecule has 1 saturated carbocycles. The van der Waals surface area contributed by atoms with Crippen molar-refractivity contribution in [3.05, 3.63) is 22.3 Å². The van der Waals surface area contributed by atoms with Crippen molar-refractivity contribution in [2.75, 3.05) is 18.0 Å². The molecule has 1 heterocycles. The highest BCUT2D eigenvalue weighted by molar-refractivity contribution is 6.36. The van der Waals surface area contributed by atoms with Crippen molar-refractivity contribution in [2.45, 2.75) is 38.6 Å². The molecule has 1 aliphatic carbocycles. The third-order valence-corrected chi connectivity index (χ3v) is 4.46. The Hall–Kier alpha value is -0.510. The Balaban J connectivity index is 2.27. The molecule has 0 aromatic carbocycles. The Morgan fingerprint density at radius 2 is 2.11 bits per heavy atom. The Morgan fingerprint density at radius 1 is 1.37 bits per heavy atom. The fraction of sp³-hybridized carbons (Fsp3) is 0.643. The first kappa shape index (κ1) is 14.9. The molecule has 0 radical (unpaired) electrons. The molecule has 19 heavy (non-hydrogen) atoms. The zero-order chi connectivity index (χ0) is 13.8. The lowest BCUT2D eigenvalue weighted by Gasteiger charge is -2.40. The number of nitrogens with zero attached hydrogens (tertiary/aromatic N) is 2. The molecule has 3 nitrogen and oxygen atoms in total. The number of hydrogen-bond donors (Lipinski definition) is 1. The Labute approximate surface area is 125 Å². The molecule has 2 unspecified atom stereocenters. The van der Waals surface area contributed by atoms with Crippen molar-refractivity contribution in [3.8, 4) is 0 Å². The first-order valence-corrected chi connectivity index (χ1v) is 7.70. The topological polar surface area (TPSA) is 42.2 Å². The summed E-state index contributed by atoms with van der Waals surface area (Å²) in [5, 5.41) is 1.19. The monoisotopic (exact) mass is 301 g/mol. The van der Waals surface area contributed by atoms with Gasteiger partial charge in [0.1, 0.15) is 5.82 Å². The van der Waals surface area contributed by atoms with Gasteiger partial charge in [0.2, 0.25) is 0 Å². The van der Waals surface area contributed by atoms with E-state index in [1.54, 1.807) is 12.3 Å². The number of aromatic nitrogens is 1. The molecule has 1 fully saturated rings. The summed E-state index contributed by atoms with van der Waals surface area (Å²) in [6.07, 6.45) is 6.55. The summed E-state index contributed by atoms with van der Waals surface area (Å²) in [6.45, 7) is 3.75. The van der Waals surface area contributed by atoms with Gasteiger partial charge in [-0.15, -0.1) is 0 Å². The third kappa shape index (κ3) is 3.33. The van der Waals surface area contributed by atoms with Crippen molar-refractivity contribution >= 4 is 29.0 Å². The van der Waals surface area contributed by atoms with E-state index in [0.717, 1.165) is 25.3 Å². The van der Waals surface area contributed by atoms with E-state index in [1.807, 2.05) is 0 Å². The van der Waals surface area contributed by atoms with Crippen molar-refractivity contribution in [1.29, 1.82) is 0 Å². The van der Waals surface area contributed by atoms with Gasteiger partial charge in [0, 0.05) is 18.8 Å². The van der Waals surface area contributed by atoms with Crippen LogP contribution in [0.15, 0.2) is 12.3 Å². The van der Waals surface area contributed by atoms with E-state index < -0.39 is 0 Å². The van der Waals surface area contributed by atoms with Crippen molar-refractivity contribution in [1.82, 2.24) is 4.98 Å². The fourth-order valence-electron chi connectivity index (χ4n) is 3.03. The second-order valence-corrected chi connectivity index (χ2v) is 5.94. The number of nitrogens with two attached hydrogens (primary N) is 1. The zero-order valence-corrected chi connectivity index (χ0v) is 12.8. The lowest BCUT2D eigenvalue weighted by atomic mass is 9.83. The predicted molar refractivity (Wildman–Crippen MR) is 82.1 cm³/mol. The molecule has 0 spiro atoms. The largest absolute Gasteiger partial charge is 0.352 e. The number of halogens is 2. The first-order chi connectivity index (χ1) is 9.17. The van der Waals surface area contributed by atoms with Crippen LogP contribution in [0.2, 0.25) is 10.0 Å². The minimum absolute atomic E-state index is 0.440. The molecule has 0 amide bonds. The van der Waals surface area contributed by atoms with Gasteiger partial charge >= 0.3 is 0 Å². The van der Waals surface area contributed by atoms with Crippen LogP contribution < -0.4 is 10.6 Å². The van der Waals surface area contributed by atoms with Gasteiger partial charge in [0.15, 0.2) is 0 Å². The molecule has 0 aliphatic heterocycles. The van der Waals surface area contributed by atoms with Gasteiger partial charge in [-0.2, -0.15) is 0 Å². The second kappa shape index (κ2) is 6.78. The quantitative estimate of drug-likeness (QED) is 0.921. The SMILES string of the molecule is CCN(c1ncc(Cl)cc1Cl)C1CCCCC1CN. The fourth-order valence-corrected chi connectivity index (χ4v) is 3.52. The molecule has 5 heteroatoms. The number of pyridine rings is 1. The van der Waals surface area contributed by atoms with Gasteiger partial charge < -0.3 is 10.6 Å². The minimum atomic E-state index is 0.440. The summed E-state index contributed by atoms with van der Waals surface area (Å²) in [4.78, 5) is 6.70. The highest BCUT2D eigenvalue weighted by Gasteiger charge is 2.30. The highest BCUT2D eigenvalue weighted by atomic mass is 35.5. The Bertz CT molecular complexity index is 425. The molecule has 2 atom stereocenters. The maximum Gasteiger partial charge on any atom is 0.147 e. The third-order valence-electron chi connectivity index (χ3n) is 3.97. The van der Waals surface area contributed by atoms with E-state index in [-0.39, 0.29) is 0 Å². The smallest absolute Gasteiger partial charge is 0.147 e. The molecule has 1 aliphatic rings. The minimum Gasteiger partial charge on any atom is -0.352 e. The molecule has 2 rings (SSSR count). The summed E-state index contributed by atoms with van der Waals surface area (Å²) in [6, 6.07) is 2.20. The molecule has 1 aromatic rings. The number of rotatable bonds is 4. The second-order valence-electron chi connectivity index (χ2n) is 5.09. The van der Waals surface area contributed by atoms with Gasteiger partial charge in [-0.1, -0.05) is 36.0 Å². The molecule has 1 aromatic heterocycles. The maximum absolute atomic E-state index is 6.29. The Kier molecular flexibility index (Phi) is 5.31. The van der Waals surface area contributed by atoms with Gasteiger partial charge in [0.25, 0.3) is 0 Å². The van der Waals surface area contributed by atoms with Crippen molar-refractivity contribution < 1.29 is 0 Å². The molecule has 106 valence electrons. The lowest BCUT2D eigenvalue weighted by molar-refractivity contribution is 0.299. The van der Waals surface area contributed by atoms with E-state index in [4.69, 9.17) is 28.9 Å². The normalized spacial score (nSPS) is 23.4. The standard InChI is InChI=1S/C14H21Cl2N3/c1-2-19(13-6-4-3-5-10(13)8-17)14-12(16)7-11(15)9-18-14/h7,9-10,13H,2-6,8,17H2,1H3. The van der Waals surface area contributed by atoms with E-state index in [9.17, 15) is 0 Å². The van der Waals surface area contributed by atoms with E-state index in [1.165, 1.54) is 19.3 Å². The molecule has 0 saturated heterocycles. The Morgan fingerprint density at radius 3 is 2.74 bits per heavy atom. The summed E-state index contributed by atoms with van der Waals surface area (Å²) in [5.74, 6) is 1.36. The van der Waals surface area contributed by atoms with Gasteiger partial charge in [0.05, 0.1) is 10.0 Å². The van der Waals surface area contributed by atoms with Gasteiger partial charge in [-0.25, -0.2) is 4.98 Å². The summed E-state index contributed by atoms with van der Waals surface area (Å²) >= 11 is 12.2. The van der Waals surface area contributed by atoms with Crippen LogP contribution in [-0.4, -0.2) is 24.1 Å². The van der Waals surface area contributed by atoms with Crippen LogP contribution in [-0.2, 0) is 0 Å². The van der Waals surface area contributed by atoms with Crippen LogP contribution >= 0.6 is 23.2 Å². The average molecular weight is 302 g/mol. The predicted octanol–water partition coefficient (Wildman–Crippen LogP) is 3.73. The number of anilines is 1. The van der Waals surface area contributed by atoms with Crippen LogP contribution in [0, 0.1) is 5.92 Å². The summed E-state index contributed by atoms with van der Waals surface area (Å²) < 4.78 is 0. The average Bonchev–Trinajstić information content (AvgIpc) is 2.42. The highest BCUT2D eigenvalue weighted by Crippen LogP contribution is 2.34. The van der Waals surface area contributed by atoms with Gasteiger partial charge in [-0.3, -0.25) is 0 Å². The molecule has 2 N–H and O–H groups in total. The maximum atomic E-state index is 6.29. The van der Waals surface area contributed by atoms with Crippen molar-refractivity contribution in [2.24, 2.45) is 11.7 Å².